The van der Waals surface area contributed by atoms with Crippen molar-refractivity contribution < 1.29 is 13.5 Å². The van der Waals surface area contributed by atoms with Crippen LogP contribution < -0.4 is 10.5 Å². The lowest BCUT2D eigenvalue weighted by molar-refractivity contribution is 0.221. The first kappa shape index (κ1) is 21.5. The van der Waals surface area contributed by atoms with Gasteiger partial charge >= 0.3 is 0 Å². The second-order valence-corrected chi connectivity index (χ2v) is 8.00. The largest absolute Gasteiger partial charge is 0.482 e. The van der Waals surface area contributed by atoms with Crippen LogP contribution in [0.1, 0.15) is 37.0 Å². The zero-order chi connectivity index (χ0) is 22.0. The van der Waals surface area contributed by atoms with E-state index in [4.69, 9.17) is 22.1 Å². The second-order valence-electron chi connectivity index (χ2n) is 7.62. The molecule has 1 saturated heterocycles. The molecular weight excluding hydrogens is 420 g/mol. The number of halogens is 3. The predicted molar refractivity (Wildman–Crippen MR) is 119 cm³/mol. The molecule has 1 fully saturated rings. The van der Waals surface area contributed by atoms with E-state index in [0.29, 0.717) is 0 Å². The molecule has 7 heteroatoms. The lowest BCUT2D eigenvalue weighted by Gasteiger charge is -2.19. The quantitative estimate of drug-likeness (QED) is 0.475. The Balaban J connectivity index is 1.54. The van der Waals surface area contributed by atoms with E-state index in [1.165, 1.54) is 12.8 Å². The van der Waals surface area contributed by atoms with Gasteiger partial charge in [0.1, 0.15) is 17.7 Å². The third-order valence-electron chi connectivity index (χ3n) is 5.39. The number of aromatic nitrogens is 1. The summed E-state index contributed by atoms with van der Waals surface area (Å²) < 4.78 is 33.8. The third-order valence-corrected chi connectivity index (χ3v) is 5.77. The lowest BCUT2D eigenvalue weighted by atomic mass is 10.0. The molecule has 2 aromatic carbocycles. The average molecular weight is 443 g/mol. The number of pyridine rings is 1. The van der Waals surface area contributed by atoms with Crippen molar-refractivity contribution in [1.29, 1.82) is 0 Å². The van der Waals surface area contributed by atoms with Crippen LogP contribution in [-0.4, -0.2) is 23.0 Å². The van der Waals surface area contributed by atoms with E-state index in [2.05, 4.69) is 28.6 Å². The summed E-state index contributed by atoms with van der Waals surface area (Å²) in [5.74, 6) is -0.925. The standard InChI is InChI=1S/C24H23ClF2N3O/c1-15(22-19(26)8-9-20(27)23(22)25)31-21-12-18(13-29-24(21)28)17-6-4-16(5-7-17)14-30-10-2-3-11-30/h4-9,12-15H,2-3,10-11H2,1H3,(H2,28,29)/t15-/m0/s1. The predicted octanol–water partition coefficient (Wildman–Crippen LogP) is 6.01. The number of anilines is 1. The van der Waals surface area contributed by atoms with Crippen LogP contribution in [0.4, 0.5) is 14.6 Å². The molecule has 2 heterocycles. The summed E-state index contributed by atoms with van der Waals surface area (Å²) in [6.07, 6.45) is 3.26. The minimum absolute atomic E-state index is 0.0618. The van der Waals surface area contributed by atoms with Gasteiger partial charge in [-0.15, -0.1) is 0 Å². The highest BCUT2D eigenvalue weighted by Crippen LogP contribution is 2.34. The molecule has 161 valence electrons. The van der Waals surface area contributed by atoms with Gasteiger partial charge in [-0.1, -0.05) is 35.9 Å². The zero-order valence-electron chi connectivity index (χ0n) is 17.1. The van der Waals surface area contributed by atoms with Crippen LogP contribution in [0.15, 0.2) is 48.7 Å². The smallest absolute Gasteiger partial charge is 0.166 e. The maximum absolute atomic E-state index is 14.2. The fraction of sp³-hybridized carbons (Fsp3) is 0.250. The van der Waals surface area contributed by atoms with Crippen molar-refractivity contribution in [3.63, 3.8) is 0 Å². The number of nitrogens with two attached hydrogens (primary N) is 1. The number of hydrogen-bond donors (Lipinski definition) is 1. The summed E-state index contributed by atoms with van der Waals surface area (Å²) in [5.41, 5.74) is 8.78. The van der Waals surface area contributed by atoms with Gasteiger partial charge in [-0.3, -0.25) is 4.90 Å². The Morgan fingerprint density at radius 1 is 1.06 bits per heavy atom. The Morgan fingerprint density at radius 2 is 1.74 bits per heavy atom. The fourth-order valence-corrected chi connectivity index (χ4v) is 4.02. The highest BCUT2D eigenvalue weighted by molar-refractivity contribution is 6.31. The Bertz CT molecular complexity index is 1070. The molecule has 4 rings (SSSR count). The number of nitrogen functional groups attached to an aromatic ring is 1. The highest BCUT2D eigenvalue weighted by atomic mass is 35.5. The number of nitrogens with zero attached hydrogens (tertiary/aromatic N) is 2. The molecule has 4 nitrogen and oxygen atoms in total. The van der Waals surface area contributed by atoms with E-state index in [9.17, 15) is 8.78 Å². The van der Waals surface area contributed by atoms with Gasteiger partial charge in [-0.25, -0.2) is 13.8 Å². The monoisotopic (exact) mass is 442 g/mol. The lowest BCUT2D eigenvalue weighted by Crippen LogP contribution is -2.15. The van der Waals surface area contributed by atoms with Crippen LogP contribution in [0.3, 0.4) is 0 Å². The average Bonchev–Trinajstić information content (AvgIpc) is 3.26. The first-order chi connectivity index (χ1) is 14.9. The van der Waals surface area contributed by atoms with Gasteiger partial charge < -0.3 is 10.5 Å². The molecule has 0 amide bonds. The van der Waals surface area contributed by atoms with Crippen molar-refractivity contribution in [2.24, 2.45) is 0 Å². The molecule has 0 unspecified atom stereocenters. The number of likely N-dealkylation sites (tertiary alicyclic amines) is 1. The summed E-state index contributed by atoms with van der Waals surface area (Å²) in [4.78, 5) is 6.53. The normalized spacial score (nSPS) is 15.2. The first-order valence-electron chi connectivity index (χ1n) is 10.2. The van der Waals surface area contributed by atoms with Crippen molar-refractivity contribution in [2.45, 2.75) is 25.9 Å². The van der Waals surface area contributed by atoms with Crippen molar-refractivity contribution in [3.05, 3.63) is 83.0 Å². The van der Waals surface area contributed by atoms with Crippen molar-refractivity contribution in [3.8, 4) is 16.9 Å². The minimum Gasteiger partial charge on any atom is -0.482 e. The molecule has 1 aliphatic rings. The van der Waals surface area contributed by atoms with E-state index in [1.807, 2.05) is 12.1 Å². The van der Waals surface area contributed by atoms with Crippen LogP contribution in [-0.2, 0) is 0 Å². The Labute approximate surface area is 185 Å². The summed E-state index contributed by atoms with van der Waals surface area (Å²) in [6, 6.07) is 11.9. The Hall–Kier alpha value is -2.70. The van der Waals surface area contributed by atoms with Crippen molar-refractivity contribution >= 4 is 17.4 Å². The SMILES string of the molecule is C[C@H](Oc1cc(-c2ccc([CH]N3CCCC3)cc2)cnc1N)c1c(F)ccc(F)c1Cl. The molecule has 1 aromatic heterocycles. The van der Waals surface area contributed by atoms with E-state index in [1.54, 1.807) is 19.2 Å². The van der Waals surface area contributed by atoms with Crippen molar-refractivity contribution in [1.82, 2.24) is 9.88 Å². The molecule has 1 aliphatic heterocycles. The molecule has 0 aliphatic carbocycles. The molecule has 0 saturated carbocycles. The van der Waals surface area contributed by atoms with Crippen LogP contribution >= 0.6 is 11.6 Å². The molecule has 0 spiro atoms. The van der Waals surface area contributed by atoms with Gasteiger partial charge in [-0.2, -0.15) is 0 Å². The van der Waals surface area contributed by atoms with Crippen LogP contribution in [0.2, 0.25) is 5.02 Å². The molecular formula is C24H23ClF2N3O. The number of benzene rings is 2. The van der Waals surface area contributed by atoms with Gasteiger partial charge in [0.05, 0.1) is 11.6 Å². The second kappa shape index (κ2) is 9.20. The fourth-order valence-electron chi connectivity index (χ4n) is 3.72. The maximum Gasteiger partial charge on any atom is 0.166 e. The van der Waals surface area contributed by atoms with Crippen LogP contribution in [0, 0.1) is 18.2 Å². The topological polar surface area (TPSA) is 51.4 Å². The summed E-state index contributed by atoms with van der Waals surface area (Å²) in [7, 11) is 0. The van der Waals surface area contributed by atoms with Gasteiger partial charge in [0, 0.05) is 17.3 Å². The molecule has 2 N–H and O–H groups in total. The molecule has 1 atom stereocenters. The highest BCUT2D eigenvalue weighted by Gasteiger charge is 2.21. The Morgan fingerprint density at radius 3 is 2.45 bits per heavy atom. The van der Waals surface area contributed by atoms with Gasteiger partial charge in [0.15, 0.2) is 11.6 Å². The number of hydrogen-bond acceptors (Lipinski definition) is 4. The summed E-state index contributed by atoms with van der Waals surface area (Å²) in [5, 5.41) is -0.306. The molecule has 1 radical (unpaired) electrons. The molecule has 0 bridgehead atoms. The molecule has 3 aromatic rings. The van der Waals surface area contributed by atoms with E-state index >= 15 is 0 Å². The first-order valence-corrected chi connectivity index (χ1v) is 10.5. The maximum atomic E-state index is 14.2. The summed E-state index contributed by atoms with van der Waals surface area (Å²) in [6.45, 7) is 5.95. The molecule has 31 heavy (non-hydrogen) atoms. The van der Waals surface area contributed by atoms with E-state index in [-0.39, 0.29) is 22.2 Å². The van der Waals surface area contributed by atoms with Crippen LogP contribution in [0.25, 0.3) is 11.1 Å². The van der Waals surface area contributed by atoms with Gasteiger partial charge in [0.2, 0.25) is 0 Å². The minimum atomic E-state index is -0.861. The van der Waals surface area contributed by atoms with Crippen LogP contribution in [0.5, 0.6) is 5.75 Å². The Kier molecular flexibility index (Phi) is 6.39. The van der Waals surface area contributed by atoms with Gasteiger partial charge in [-0.05, 0) is 62.2 Å². The summed E-state index contributed by atoms with van der Waals surface area (Å²) >= 11 is 5.95. The zero-order valence-corrected chi connectivity index (χ0v) is 17.9. The third kappa shape index (κ3) is 4.81. The number of ether oxygens (including phenoxy) is 1. The van der Waals surface area contributed by atoms with Gasteiger partial charge in [0.25, 0.3) is 0 Å². The van der Waals surface area contributed by atoms with E-state index < -0.39 is 17.7 Å². The van der Waals surface area contributed by atoms with E-state index in [0.717, 1.165) is 41.9 Å². The van der Waals surface area contributed by atoms with Crippen molar-refractivity contribution in [2.75, 3.05) is 18.8 Å². The number of rotatable bonds is 6.